The molecule has 0 aliphatic heterocycles. The van der Waals surface area contributed by atoms with Gasteiger partial charge in [0.25, 0.3) is 0 Å². The van der Waals surface area contributed by atoms with Crippen molar-refractivity contribution in [3.63, 3.8) is 0 Å². The smallest absolute Gasteiger partial charge is 0.131 e. The maximum atomic E-state index is 13.7. The van der Waals surface area contributed by atoms with Crippen LogP contribution in [0.1, 0.15) is 17.2 Å². The largest absolute Gasteiger partial charge is 0.497 e. The first-order valence-corrected chi connectivity index (χ1v) is 6.37. The fourth-order valence-electron chi connectivity index (χ4n) is 1.85. The number of rotatable bonds is 3. The lowest BCUT2D eigenvalue weighted by molar-refractivity contribution is 0.413. The van der Waals surface area contributed by atoms with Crippen LogP contribution in [0.25, 0.3) is 0 Å². The Balaban J connectivity index is 2.52. The predicted molar refractivity (Wildman–Crippen MR) is 73.1 cm³/mol. The van der Waals surface area contributed by atoms with Crippen LogP contribution in [0.2, 0.25) is 0 Å². The number of methoxy groups -OCH3 is 1. The van der Waals surface area contributed by atoms with E-state index >= 15 is 0 Å². The van der Waals surface area contributed by atoms with Crippen molar-refractivity contribution in [3.8, 4) is 5.75 Å². The van der Waals surface area contributed by atoms with Gasteiger partial charge in [0.1, 0.15) is 17.4 Å². The Kier molecular flexibility index (Phi) is 4.17. The van der Waals surface area contributed by atoms with E-state index in [0.717, 1.165) is 0 Å². The molecular formula is C14H12BrF2NO. The van der Waals surface area contributed by atoms with E-state index in [9.17, 15) is 8.78 Å². The number of nitrogens with two attached hydrogens (primary N) is 1. The second-order valence-corrected chi connectivity index (χ2v) is 4.85. The molecule has 19 heavy (non-hydrogen) atoms. The number of benzene rings is 2. The summed E-state index contributed by atoms with van der Waals surface area (Å²) in [7, 11) is 1.52. The van der Waals surface area contributed by atoms with Gasteiger partial charge in [0.15, 0.2) is 0 Å². The molecule has 0 saturated heterocycles. The summed E-state index contributed by atoms with van der Waals surface area (Å²) in [5, 5.41) is 0. The zero-order valence-electron chi connectivity index (χ0n) is 10.2. The Morgan fingerprint density at radius 2 is 1.79 bits per heavy atom. The third-order valence-corrected chi connectivity index (χ3v) is 3.57. The van der Waals surface area contributed by atoms with Crippen LogP contribution in [0.4, 0.5) is 8.78 Å². The van der Waals surface area contributed by atoms with E-state index in [1.165, 1.54) is 25.3 Å². The molecule has 100 valence electrons. The predicted octanol–water partition coefficient (Wildman–Crippen LogP) is 3.78. The molecule has 1 unspecified atom stereocenters. The molecule has 0 spiro atoms. The number of hydrogen-bond donors (Lipinski definition) is 1. The van der Waals surface area contributed by atoms with Gasteiger partial charge in [0, 0.05) is 10.0 Å². The molecule has 2 rings (SSSR count). The Bertz CT molecular complexity index is 584. The van der Waals surface area contributed by atoms with Gasteiger partial charge in [-0.1, -0.05) is 22.0 Å². The summed E-state index contributed by atoms with van der Waals surface area (Å²) in [4.78, 5) is 0. The lowest BCUT2D eigenvalue weighted by atomic mass is 9.98. The normalized spacial score (nSPS) is 12.3. The van der Waals surface area contributed by atoms with Gasteiger partial charge in [-0.15, -0.1) is 0 Å². The van der Waals surface area contributed by atoms with Gasteiger partial charge in [-0.05, 0) is 35.9 Å². The van der Waals surface area contributed by atoms with Gasteiger partial charge in [0.05, 0.1) is 13.2 Å². The van der Waals surface area contributed by atoms with Crippen LogP contribution in [-0.2, 0) is 0 Å². The maximum Gasteiger partial charge on any atom is 0.131 e. The minimum atomic E-state index is -0.911. The molecule has 0 saturated carbocycles. The highest BCUT2D eigenvalue weighted by Crippen LogP contribution is 2.32. The summed E-state index contributed by atoms with van der Waals surface area (Å²) in [5.41, 5.74) is 6.38. The van der Waals surface area contributed by atoms with Gasteiger partial charge >= 0.3 is 0 Å². The lowest BCUT2D eigenvalue weighted by Crippen LogP contribution is -2.16. The monoisotopic (exact) mass is 327 g/mol. The average Bonchev–Trinajstić information content (AvgIpc) is 2.39. The van der Waals surface area contributed by atoms with Crippen molar-refractivity contribution < 1.29 is 13.5 Å². The first-order valence-electron chi connectivity index (χ1n) is 5.57. The third-order valence-electron chi connectivity index (χ3n) is 2.85. The molecule has 0 heterocycles. The van der Waals surface area contributed by atoms with Crippen molar-refractivity contribution >= 4 is 15.9 Å². The molecule has 2 aromatic rings. The number of hydrogen-bond acceptors (Lipinski definition) is 2. The summed E-state index contributed by atoms with van der Waals surface area (Å²) < 4.78 is 33.2. The first-order chi connectivity index (χ1) is 9.04. The second kappa shape index (κ2) is 5.67. The molecule has 2 aromatic carbocycles. The highest BCUT2D eigenvalue weighted by molar-refractivity contribution is 9.10. The zero-order valence-corrected chi connectivity index (χ0v) is 11.7. The zero-order chi connectivity index (χ0) is 14.0. The Hall–Kier alpha value is -1.46. The van der Waals surface area contributed by atoms with E-state index in [2.05, 4.69) is 15.9 Å². The van der Waals surface area contributed by atoms with Crippen molar-refractivity contribution in [1.82, 2.24) is 0 Å². The Morgan fingerprint density at radius 1 is 1.16 bits per heavy atom. The van der Waals surface area contributed by atoms with Gasteiger partial charge in [-0.3, -0.25) is 0 Å². The maximum absolute atomic E-state index is 13.7. The summed E-state index contributed by atoms with van der Waals surface area (Å²) in [5.74, 6) is -0.755. The fraction of sp³-hybridized carbons (Fsp3) is 0.143. The van der Waals surface area contributed by atoms with Crippen LogP contribution in [0.15, 0.2) is 40.9 Å². The molecule has 0 amide bonds. The topological polar surface area (TPSA) is 35.2 Å². The van der Waals surface area contributed by atoms with Crippen molar-refractivity contribution in [2.45, 2.75) is 6.04 Å². The van der Waals surface area contributed by atoms with E-state index in [1.54, 1.807) is 18.2 Å². The van der Waals surface area contributed by atoms with E-state index in [-0.39, 0.29) is 5.56 Å². The van der Waals surface area contributed by atoms with Gasteiger partial charge in [0.2, 0.25) is 0 Å². The summed E-state index contributed by atoms with van der Waals surface area (Å²) in [6, 6.07) is 7.89. The van der Waals surface area contributed by atoms with E-state index in [4.69, 9.17) is 10.5 Å². The molecule has 1 atom stereocenters. The molecule has 2 nitrogen and oxygen atoms in total. The van der Waals surface area contributed by atoms with Crippen molar-refractivity contribution in [2.75, 3.05) is 7.11 Å². The number of ether oxygens (including phenoxy) is 1. The van der Waals surface area contributed by atoms with Crippen molar-refractivity contribution in [3.05, 3.63) is 63.6 Å². The van der Waals surface area contributed by atoms with Crippen LogP contribution < -0.4 is 10.5 Å². The van der Waals surface area contributed by atoms with Crippen LogP contribution in [0, 0.1) is 11.6 Å². The van der Waals surface area contributed by atoms with Crippen LogP contribution in [0.3, 0.4) is 0 Å². The molecule has 0 aliphatic carbocycles. The Morgan fingerprint density at radius 3 is 2.37 bits per heavy atom. The summed E-state index contributed by atoms with van der Waals surface area (Å²) in [6.45, 7) is 0. The Labute approximate surface area is 118 Å². The second-order valence-electron chi connectivity index (χ2n) is 4.00. The molecule has 0 fully saturated rings. The number of halogens is 3. The van der Waals surface area contributed by atoms with E-state index in [0.29, 0.717) is 15.8 Å². The third kappa shape index (κ3) is 2.77. The van der Waals surface area contributed by atoms with Crippen LogP contribution in [0.5, 0.6) is 5.75 Å². The minimum absolute atomic E-state index is 0.156. The molecular weight excluding hydrogens is 316 g/mol. The summed E-state index contributed by atoms with van der Waals surface area (Å²) >= 11 is 3.33. The standard InChI is InChI=1S/C14H12BrF2NO/c1-19-8-5-6-10(15)9(7-8)14(18)13-11(16)3-2-4-12(13)17/h2-7,14H,18H2,1H3. The fourth-order valence-corrected chi connectivity index (χ4v) is 2.34. The van der Waals surface area contributed by atoms with Gasteiger partial charge in [-0.25, -0.2) is 8.78 Å². The summed E-state index contributed by atoms with van der Waals surface area (Å²) in [6.07, 6.45) is 0. The van der Waals surface area contributed by atoms with E-state index < -0.39 is 17.7 Å². The highest BCUT2D eigenvalue weighted by Gasteiger charge is 2.20. The lowest BCUT2D eigenvalue weighted by Gasteiger charge is -2.16. The van der Waals surface area contributed by atoms with Crippen LogP contribution in [-0.4, -0.2) is 7.11 Å². The average molecular weight is 328 g/mol. The van der Waals surface area contributed by atoms with E-state index in [1.807, 2.05) is 0 Å². The molecule has 2 N–H and O–H groups in total. The van der Waals surface area contributed by atoms with Crippen molar-refractivity contribution in [1.29, 1.82) is 0 Å². The van der Waals surface area contributed by atoms with Crippen molar-refractivity contribution in [2.24, 2.45) is 5.73 Å². The molecule has 0 aliphatic rings. The SMILES string of the molecule is COc1ccc(Br)c(C(N)c2c(F)cccc2F)c1. The van der Waals surface area contributed by atoms with Gasteiger partial charge < -0.3 is 10.5 Å². The quantitative estimate of drug-likeness (QED) is 0.931. The highest BCUT2D eigenvalue weighted by atomic mass is 79.9. The minimum Gasteiger partial charge on any atom is -0.497 e. The molecule has 5 heteroatoms. The van der Waals surface area contributed by atoms with Crippen LogP contribution >= 0.6 is 15.9 Å². The van der Waals surface area contributed by atoms with Gasteiger partial charge in [-0.2, -0.15) is 0 Å². The molecule has 0 bridgehead atoms. The first kappa shape index (κ1) is 14.0. The molecule has 0 aromatic heterocycles. The molecule has 0 radical (unpaired) electrons.